The van der Waals surface area contributed by atoms with Crippen molar-refractivity contribution in [1.82, 2.24) is 10.0 Å². The Bertz CT molecular complexity index is 536. The molecule has 0 aliphatic rings. The van der Waals surface area contributed by atoms with E-state index in [9.17, 15) is 8.42 Å². The van der Waals surface area contributed by atoms with Crippen LogP contribution in [0.5, 0.6) is 0 Å². The molecule has 0 amide bonds. The van der Waals surface area contributed by atoms with Crippen LogP contribution >= 0.6 is 11.3 Å². The van der Waals surface area contributed by atoms with Crippen molar-refractivity contribution in [2.24, 2.45) is 0 Å². The third-order valence-electron chi connectivity index (χ3n) is 2.85. The van der Waals surface area contributed by atoms with E-state index in [1.807, 2.05) is 20.8 Å². The molecule has 0 aliphatic carbocycles. The van der Waals surface area contributed by atoms with Crippen molar-refractivity contribution >= 4 is 21.4 Å². The van der Waals surface area contributed by atoms with E-state index in [0.717, 1.165) is 4.88 Å². The molecule has 7 heteroatoms. The van der Waals surface area contributed by atoms with Gasteiger partial charge in [0.05, 0.1) is 10.5 Å². The minimum Gasteiger partial charge on any atom is -0.375 e. The maximum absolute atomic E-state index is 12.3. The molecule has 0 spiro atoms. The van der Waals surface area contributed by atoms with Crippen LogP contribution in [0.4, 0.5) is 0 Å². The Kier molecular flexibility index (Phi) is 6.80. The maximum Gasteiger partial charge on any atom is 0.241 e. The maximum atomic E-state index is 12.3. The van der Waals surface area contributed by atoms with Crippen molar-refractivity contribution in [3.05, 3.63) is 16.3 Å². The third kappa shape index (κ3) is 6.44. The first-order chi connectivity index (χ1) is 9.66. The molecule has 0 aromatic carbocycles. The summed E-state index contributed by atoms with van der Waals surface area (Å²) in [5.41, 5.74) is -0.514. The van der Waals surface area contributed by atoms with Gasteiger partial charge in [0.1, 0.15) is 0 Å². The van der Waals surface area contributed by atoms with E-state index in [4.69, 9.17) is 4.74 Å². The molecule has 0 fully saturated rings. The Labute approximate surface area is 132 Å². The van der Waals surface area contributed by atoms with Gasteiger partial charge < -0.3 is 10.1 Å². The molecule has 0 saturated heterocycles. The molecule has 122 valence electrons. The van der Waals surface area contributed by atoms with Crippen molar-refractivity contribution in [3.8, 4) is 0 Å². The minimum absolute atomic E-state index is 0.249. The molecule has 0 unspecified atom stereocenters. The van der Waals surface area contributed by atoms with E-state index in [0.29, 0.717) is 24.1 Å². The molecule has 0 aliphatic heterocycles. The number of hydrogen-bond donors (Lipinski definition) is 2. The number of rotatable bonds is 9. The largest absolute Gasteiger partial charge is 0.375 e. The number of sulfonamides is 1. The fourth-order valence-electron chi connectivity index (χ4n) is 1.69. The van der Waals surface area contributed by atoms with Gasteiger partial charge in [-0.15, -0.1) is 11.3 Å². The highest BCUT2D eigenvalue weighted by Crippen LogP contribution is 2.20. The van der Waals surface area contributed by atoms with E-state index >= 15 is 0 Å². The normalized spacial score (nSPS) is 13.0. The Balaban J connectivity index is 2.66. The molecule has 0 bridgehead atoms. The fourth-order valence-corrected chi connectivity index (χ4v) is 4.12. The van der Waals surface area contributed by atoms with Gasteiger partial charge in [0, 0.05) is 36.0 Å². The molecule has 0 radical (unpaired) electrons. The van der Waals surface area contributed by atoms with Gasteiger partial charge in [0.15, 0.2) is 0 Å². The molecular formula is C14H26N2O3S2. The summed E-state index contributed by atoms with van der Waals surface area (Å²) < 4.78 is 32.6. The number of nitrogens with one attached hydrogen (secondary N) is 2. The van der Waals surface area contributed by atoms with Gasteiger partial charge in [-0.2, -0.15) is 0 Å². The lowest BCUT2D eigenvalue weighted by Gasteiger charge is -2.24. The fraction of sp³-hybridized carbons (Fsp3) is 0.714. The Morgan fingerprint density at radius 3 is 2.62 bits per heavy atom. The highest BCUT2D eigenvalue weighted by atomic mass is 32.2. The van der Waals surface area contributed by atoms with E-state index in [1.165, 1.54) is 11.3 Å². The SMILES string of the molecule is CCOC(C)(C)CNS(=O)(=O)c1csc(CNC(C)C)c1. The lowest BCUT2D eigenvalue weighted by atomic mass is 10.1. The van der Waals surface area contributed by atoms with Gasteiger partial charge in [0.25, 0.3) is 0 Å². The molecule has 1 rings (SSSR count). The van der Waals surface area contributed by atoms with Crippen LogP contribution in [0.15, 0.2) is 16.3 Å². The topological polar surface area (TPSA) is 67.4 Å². The van der Waals surface area contributed by atoms with Crippen LogP contribution in [-0.4, -0.2) is 33.2 Å². The molecule has 1 aromatic rings. The Morgan fingerprint density at radius 1 is 1.38 bits per heavy atom. The summed E-state index contributed by atoms with van der Waals surface area (Å²) >= 11 is 1.45. The van der Waals surface area contributed by atoms with Crippen LogP contribution < -0.4 is 10.0 Å². The molecule has 0 atom stereocenters. The van der Waals surface area contributed by atoms with E-state index in [1.54, 1.807) is 11.4 Å². The molecule has 1 heterocycles. The van der Waals surface area contributed by atoms with Crippen LogP contribution in [0.25, 0.3) is 0 Å². The Hall–Kier alpha value is -0.470. The van der Waals surface area contributed by atoms with Gasteiger partial charge in [-0.05, 0) is 26.8 Å². The smallest absolute Gasteiger partial charge is 0.241 e. The molecule has 2 N–H and O–H groups in total. The van der Waals surface area contributed by atoms with Gasteiger partial charge >= 0.3 is 0 Å². The molecule has 0 saturated carbocycles. The van der Waals surface area contributed by atoms with Crippen LogP contribution in [0, 0.1) is 0 Å². The van der Waals surface area contributed by atoms with E-state index in [2.05, 4.69) is 23.9 Å². The predicted octanol–water partition coefficient (Wildman–Crippen LogP) is 2.34. The predicted molar refractivity (Wildman–Crippen MR) is 87.2 cm³/mol. The second-order valence-electron chi connectivity index (χ2n) is 5.80. The zero-order chi connectivity index (χ0) is 16.1. The number of ether oxygens (including phenoxy) is 1. The highest BCUT2D eigenvalue weighted by Gasteiger charge is 2.23. The van der Waals surface area contributed by atoms with E-state index in [-0.39, 0.29) is 6.54 Å². The number of thiophene rings is 1. The van der Waals surface area contributed by atoms with E-state index < -0.39 is 15.6 Å². The quantitative estimate of drug-likeness (QED) is 0.727. The summed E-state index contributed by atoms with van der Waals surface area (Å²) in [6.45, 7) is 11.2. The van der Waals surface area contributed by atoms with Crippen LogP contribution in [0.3, 0.4) is 0 Å². The summed E-state index contributed by atoms with van der Waals surface area (Å²) in [5.74, 6) is 0. The summed E-state index contributed by atoms with van der Waals surface area (Å²) in [7, 11) is -3.48. The van der Waals surface area contributed by atoms with Crippen molar-refractivity contribution in [2.75, 3.05) is 13.2 Å². The second-order valence-corrected chi connectivity index (χ2v) is 8.56. The van der Waals surface area contributed by atoms with Crippen molar-refractivity contribution in [3.63, 3.8) is 0 Å². The van der Waals surface area contributed by atoms with Gasteiger partial charge in [-0.1, -0.05) is 13.8 Å². The van der Waals surface area contributed by atoms with Crippen molar-refractivity contribution in [2.45, 2.75) is 57.7 Å². The number of hydrogen-bond acceptors (Lipinski definition) is 5. The van der Waals surface area contributed by atoms with Crippen molar-refractivity contribution in [1.29, 1.82) is 0 Å². The lowest BCUT2D eigenvalue weighted by molar-refractivity contribution is -0.00514. The van der Waals surface area contributed by atoms with Crippen LogP contribution in [0.2, 0.25) is 0 Å². The average molecular weight is 335 g/mol. The van der Waals surface area contributed by atoms with Crippen LogP contribution in [0.1, 0.15) is 39.5 Å². The van der Waals surface area contributed by atoms with Gasteiger partial charge in [-0.3, -0.25) is 0 Å². The zero-order valence-electron chi connectivity index (χ0n) is 13.4. The summed E-state index contributed by atoms with van der Waals surface area (Å²) in [5, 5.41) is 4.95. The standard InChI is InChI=1S/C14H26N2O3S2/c1-6-19-14(4,5)10-16-21(17,18)13-7-12(20-9-13)8-15-11(2)3/h7,9,11,15-16H,6,8,10H2,1-5H3. The average Bonchev–Trinajstić information content (AvgIpc) is 2.84. The minimum atomic E-state index is -3.48. The van der Waals surface area contributed by atoms with Crippen LogP contribution in [-0.2, 0) is 21.3 Å². The van der Waals surface area contributed by atoms with Gasteiger partial charge in [0.2, 0.25) is 10.0 Å². The Morgan fingerprint density at radius 2 is 2.05 bits per heavy atom. The summed E-state index contributed by atoms with van der Waals surface area (Å²) in [6, 6.07) is 2.09. The highest BCUT2D eigenvalue weighted by molar-refractivity contribution is 7.89. The summed E-state index contributed by atoms with van der Waals surface area (Å²) in [6.07, 6.45) is 0. The molecule has 21 heavy (non-hydrogen) atoms. The summed E-state index contributed by atoms with van der Waals surface area (Å²) in [4.78, 5) is 1.33. The first-order valence-corrected chi connectivity index (χ1v) is 9.47. The lowest BCUT2D eigenvalue weighted by Crippen LogP contribution is -2.40. The van der Waals surface area contributed by atoms with Crippen molar-refractivity contribution < 1.29 is 13.2 Å². The first kappa shape index (κ1) is 18.6. The van der Waals surface area contributed by atoms with Gasteiger partial charge in [-0.25, -0.2) is 13.1 Å². The first-order valence-electron chi connectivity index (χ1n) is 7.10. The molecule has 5 nitrogen and oxygen atoms in total. The second kappa shape index (κ2) is 7.69. The molecular weight excluding hydrogens is 308 g/mol. The molecule has 1 aromatic heterocycles. The third-order valence-corrected chi connectivity index (χ3v) is 5.31. The zero-order valence-corrected chi connectivity index (χ0v) is 15.0. The monoisotopic (exact) mass is 334 g/mol.